The zero-order chi connectivity index (χ0) is 10.4. The SMILES string of the molecule is CCCC(=O)C(O)Cc1ccccc1. The van der Waals surface area contributed by atoms with Gasteiger partial charge in [0, 0.05) is 12.8 Å². The van der Waals surface area contributed by atoms with Gasteiger partial charge in [0.25, 0.3) is 0 Å². The van der Waals surface area contributed by atoms with Gasteiger partial charge in [0.1, 0.15) is 6.10 Å². The first-order valence-electron chi connectivity index (χ1n) is 4.98. The van der Waals surface area contributed by atoms with Crippen LogP contribution in [0, 0.1) is 0 Å². The van der Waals surface area contributed by atoms with E-state index in [0.717, 1.165) is 12.0 Å². The first-order chi connectivity index (χ1) is 6.74. The van der Waals surface area contributed by atoms with Crippen molar-refractivity contribution >= 4 is 5.78 Å². The van der Waals surface area contributed by atoms with E-state index in [1.807, 2.05) is 37.3 Å². The molecule has 0 saturated carbocycles. The van der Waals surface area contributed by atoms with E-state index in [9.17, 15) is 9.90 Å². The number of ketones is 1. The van der Waals surface area contributed by atoms with Gasteiger partial charge in [-0.2, -0.15) is 0 Å². The van der Waals surface area contributed by atoms with Gasteiger partial charge in [0.15, 0.2) is 5.78 Å². The number of hydrogen-bond donors (Lipinski definition) is 1. The topological polar surface area (TPSA) is 37.3 Å². The van der Waals surface area contributed by atoms with Gasteiger partial charge in [-0.15, -0.1) is 0 Å². The highest BCUT2D eigenvalue weighted by molar-refractivity contribution is 5.82. The van der Waals surface area contributed by atoms with Crippen LogP contribution in [-0.2, 0) is 11.2 Å². The van der Waals surface area contributed by atoms with E-state index in [-0.39, 0.29) is 5.78 Å². The van der Waals surface area contributed by atoms with Crippen molar-refractivity contribution in [2.45, 2.75) is 32.3 Å². The van der Waals surface area contributed by atoms with Crippen molar-refractivity contribution in [1.82, 2.24) is 0 Å². The number of rotatable bonds is 5. The Hall–Kier alpha value is -1.15. The van der Waals surface area contributed by atoms with Crippen LogP contribution in [0.1, 0.15) is 25.3 Å². The fourth-order valence-corrected chi connectivity index (χ4v) is 1.36. The number of carbonyl (C=O) groups is 1. The normalized spacial score (nSPS) is 12.4. The molecule has 1 aromatic rings. The van der Waals surface area contributed by atoms with Gasteiger partial charge in [0.05, 0.1) is 0 Å². The summed E-state index contributed by atoms with van der Waals surface area (Å²) >= 11 is 0. The van der Waals surface area contributed by atoms with Crippen LogP contribution in [0.4, 0.5) is 0 Å². The number of Topliss-reactive ketones (excluding diaryl/α,β-unsaturated/α-hetero) is 1. The summed E-state index contributed by atoms with van der Waals surface area (Å²) in [5.74, 6) is -0.0589. The smallest absolute Gasteiger partial charge is 0.161 e. The Labute approximate surface area is 84.6 Å². The summed E-state index contributed by atoms with van der Waals surface area (Å²) in [6, 6.07) is 9.58. The zero-order valence-corrected chi connectivity index (χ0v) is 8.44. The molecule has 76 valence electrons. The van der Waals surface area contributed by atoms with Crippen LogP contribution in [0.5, 0.6) is 0 Å². The molecule has 0 bridgehead atoms. The molecular weight excluding hydrogens is 176 g/mol. The van der Waals surface area contributed by atoms with Crippen LogP contribution in [0.3, 0.4) is 0 Å². The average Bonchev–Trinajstić information content (AvgIpc) is 2.19. The van der Waals surface area contributed by atoms with E-state index >= 15 is 0 Å². The Morgan fingerprint density at radius 1 is 1.36 bits per heavy atom. The quantitative estimate of drug-likeness (QED) is 0.774. The largest absolute Gasteiger partial charge is 0.385 e. The maximum absolute atomic E-state index is 11.3. The van der Waals surface area contributed by atoms with Crippen molar-refractivity contribution in [2.24, 2.45) is 0 Å². The first kappa shape index (κ1) is 10.9. The van der Waals surface area contributed by atoms with Crippen molar-refractivity contribution in [2.75, 3.05) is 0 Å². The molecule has 0 fully saturated rings. The molecule has 1 aromatic carbocycles. The van der Waals surface area contributed by atoms with Gasteiger partial charge in [0.2, 0.25) is 0 Å². The van der Waals surface area contributed by atoms with E-state index in [4.69, 9.17) is 0 Å². The first-order valence-corrected chi connectivity index (χ1v) is 4.98. The third-order valence-corrected chi connectivity index (χ3v) is 2.14. The van der Waals surface area contributed by atoms with E-state index < -0.39 is 6.10 Å². The maximum Gasteiger partial charge on any atom is 0.161 e. The predicted molar refractivity (Wildman–Crippen MR) is 56.1 cm³/mol. The molecule has 1 unspecified atom stereocenters. The van der Waals surface area contributed by atoms with Crippen LogP contribution in [0.15, 0.2) is 30.3 Å². The van der Waals surface area contributed by atoms with Gasteiger partial charge in [-0.1, -0.05) is 37.3 Å². The number of carbonyl (C=O) groups excluding carboxylic acids is 1. The lowest BCUT2D eigenvalue weighted by Gasteiger charge is -2.08. The van der Waals surface area contributed by atoms with E-state index in [1.54, 1.807) is 0 Å². The Morgan fingerprint density at radius 2 is 2.00 bits per heavy atom. The third kappa shape index (κ3) is 3.30. The van der Waals surface area contributed by atoms with Crippen LogP contribution in [0.25, 0.3) is 0 Å². The molecule has 0 aliphatic carbocycles. The summed E-state index contributed by atoms with van der Waals surface area (Å²) in [5, 5.41) is 9.55. The van der Waals surface area contributed by atoms with Gasteiger partial charge < -0.3 is 5.11 Å². The molecule has 0 saturated heterocycles. The van der Waals surface area contributed by atoms with Gasteiger partial charge in [-0.25, -0.2) is 0 Å². The minimum Gasteiger partial charge on any atom is -0.385 e. The van der Waals surface area contributed by atoms with Crippen molar-refractivity contribution in [3.63, 3.8) is 0 Å². The van der Waals surface area contributed by atoms with Gasteiger partial charge >= 0.3 is 0 Å². The second-order valence-electron chi connectivity index (χ2n) is 3.42. The number of benzene rings is 1. The highest BCUT2D eigenvalue weighted by Crippen LogP contribution is 2.05. The summed E-state index contributed by atoms with van der Waals surface area (Å²) in [6.07, 6.45) is 0.857. The zero-order valence-electron chi connectivity index (χ0n) is 8.44. The Balaban J connectivity index is 2.49. The molecule has 0 heterocycles. The fraction of sp³-hybridized carbons (Fsp3) is 0.417. The Bertz CT molecular complexity index is 280. The monoisotopic (exact) mass is 192 g/mol. The van der Waals surface area contributed by atoms with Gasteiger partial charge in [-0.3, -0.25) is 4.79 Å². The van der Waals surface area contributed by atoms with Crippen LogP contribution in [-0.4, -0.2) is 17.0 Å². The third-order valence-electron chi connectivity index (χ3n) is 2.14. The lowest BCUT2D eigenvalue weighted by Crippen LogP contribution is -2.22. The second-order valence-corrected chi connectivity index (χ2v) is 3.42. The van der Waals surface area contributed by atoms with Crippen molar-refractivity contribution < 1.29 is 9.90 Å². The summed E-state index contributed by atoms with van der Waals surface area (Å²) in [4.78, 5) is 11.3. The molecule has 1 atom stereocenters. The van der Waals surface area contributed by atoms with Crippen molar-refractivity contribution in [3.05, 3.63) is 35.9 Å². The molecule has 0 amide bonds. The summed E-state index contributed by atoms with van der Waals surface area (Å²) < 4.78 is 0. The molecule has 0 aliphatic heterocycles. The molecule has 1 rings (SSSR count). The minimum absolute atomic E-state index is 0.0589. The Morgan fingerprint density at radius 3 is 2.57 bits per heavy atom. The van der Waals surface area contributed by atoms with E-state index in [1.165, 1.54) is 0 Å². The molecule has 1 N–H and O–H groups in total. The maximum atomic E-state index is 11.3. The molecule has 0 spiro atoms. The number of aliphatic hydroxyl groups is 1. The molecule has 2 heteroatoms. The Kier molecular flexibility index (Phi) is 4.33. The highest BCUT2D eigenvalue weighted by Gasteiger charge is 2.13. The molecule has 2 nitrogen and oxygen atoms in total. The second kappa shape index (κ2) is 5.55. The lowest BCUT2D eigenvalue weighted by molar-refractivity contribution is -0.127. The molecular formula is C12H16O2. The predicted octanol–water partition coefficient (Wildman–Crippen LogP) is 1.96. The molecule has 0 aliphatic rings. The fourth-order valence-electron chi connectivity index (χ4n) is 1.36. The lowest BCUT2D eigenvalue weighted by atomic mass is 10.0. The molecule has 0 radical (unpaired) electrons. The minimum atomic E-state index is -0.836. The summed E-state index contributed by atoms with van der Waals surface area (Å²) in [7, 11) is 0. The standard InChI is InChI=1S/C12H16O2/c1-2-6-11(13)12(14)9-10-7-4-3-5-8-10/h3-5,7-8,12,14H,2,6,9H2,1H3. The van der Waals surface area contributed by atoms with Crippen molar-refractivity contribution in [3.8, 4) is 0 Å². The number of hydrogen-bond acceptors (Lipinski definition) is 2. The van der Waals surface area contributed by atoms with E-state index in [2.05, 4.69) is 0 Å². The summed E-state index contributed by atoms with van der Waals surface area (Å²) in [6.45, 7) is 1.94. The number of aliphatic hydroxyl groups excluding tert-OH is 1. The van der Waals surface area contributed by atoms with Crippen LogP contribution < -0.4 is 0 Å². The van der Waals surface area contributed by atoms with Crippen LogP contribution >= 0.6 is 0 Å². The van der Waals surface area contributed by atoms with Gasteiger partial charge in [-0.05, 0) is 12.0 Å². The molecule has 0 aromatic heterocycles. The molecule has 14 heavy (non-hydrogen) atoms. The van der Waals surface area contributed by atoms with Crippen LogP contribution in [0.2, 0.25) is 0 Å². The average molecular weight is 192 g/mol. The van der Waals surface area contributed by atoms with E-state index in [0.29, 0.717) is 12.8 Å². The highest BCUT2D eigenvalue weighted by atomic mass is 16.3. The summed E-state index contributed by atoms with van der Waals surface area (Å²) in [5.41, 5.74) is 1.00. The van der Waals surface area contributed by atoms with Crippen molar-refractivity contribution in [1.29, 1.82) is 0 Å².